The number of nitrogens with one attached hydrogen (secondary N) is 1. The van der Waals surface area contributed by atoms with E-state index in [-0.39, 0.29) is 24.4 Å². The number of thiophene rings is 1. The highest BCUT2D eigenvalue weighted by Crippen LogP contribution is 2.41. The lowest BCUT2D eigenvalue weighted by atomic mass is 9.89. The van der Waals surface area contributed by atoms with E-state index in [2.05, 4.69) is 5.32 Å². The fraction of sp³-hybridized carbons (Fsp3) is 0.312. The summed E-state index contributed by atoms with van der Waals surface area (Å²) in [6, 6.07) is 6.82. The van der Waals surface area contributed by atoms with Crippen molar-refractivity contribution in [1.82, 2.24) is 5.32 Å². The van der Waals surface area contributed by atoms with Crippen LogP contribution in [0.5, 0.6) is 5.75 Å². The summed E-state index contributed by atoms with van der Waals surface area (Å²) in [6.07, 6.45) is 0.630. The fourth-order valence-electron chi connectivity index (χ4n) is 2.73. The molecule has 0 fully saturated rings. The molecule has 1 aromatic heterocycles. The minimum absolute atomic E-state index is 0. The van der Waals surface area contributed by atoms with E-state index in [1.54, 1.807) is 12.1 Å². The van der Waals surface area contributed by atoms with E-state index in [9.17, 15) is 4.79 Å². The maximum atomic E-state index is 12.5. The van der Waals surface area contributed by atoms with Gasteiger partial charge in [-0.05, 0) is 38.1 Å². The molecule has 1 amide bonds. The maximum Gasteiger partial charge on any atom is 0.254 e. The number of hydrogen-bond donors (Lipinski definition) is 2. The van der Waals surface area contributed by atoms with Crippen LogP contribution < -0.4 is 15.8 Å². The average Bonchev–Trinajstić information content (AvgIpc) is 2.78. The molecule has 130 valence electrons. The molecule has 8 heteroatoms. The molecule has 1 unspecified atom stereocenters. The van der Waals surface area contributed by atoms with E-state index in [4.69, 9.17) is 33.7 Å². The molecule has 1 aromatic carbocycles. The minimum atomic E-state index is -0.392. The second kappa shape index (κ2) is 7.00. The highest BCUT2D eigenvalue weighted by molar-refractivity contribution is 7.20. The number of carbonyl (C=O) groups is 1. The molecule has 24 heavy (non-hydrogen) atoms. The average molecular weight is 408 g/mol. The Morgan fingerprint density at radius 2 is 2.08 bits per heavy atom. The van der Waals surface area contributed by atoms with Crippen LogP contribution in [0.1, 0.15) is 42.2 Å². The molecule has 0 radical (unpaired) electrons. The number of nitrogen functional groups attached to an aromatic ring is 1. The predicted octanol–water partition coefficient (Wildman–Crippen LogP) is 5.09. The molecule has 0 saturated carbocycles. The molecule has 4 nitrogen and oxygen atoms in total. The zero-order valence-electron chi connectivity index (χ0n) is 13.1. The van der Waals surface area contributed by atoms with Gasteiger partial charge in [0.25, 0.3) is 5.91 Å². The van der Waals surface area contributed by atoms with Crippen molar-refractivity contribution in [2.45, 2.75) is 31.9 Å². The monoisotopic (exact) mass is 406 g/mol. The summed E-state index contributed by atoms with van der Waals surface area (Å²) in [5.74, 6) is 0.476. The third kappa shape index (κ3) is 3.91. The van der Waals surface area contributed by atoms with Crippen molar-refractivity contribution in [3.8, 4) is 5.75 Å². The molecule has 2 heterocycles. The van der Waals surface area contributed by atoms with Gasteiger partial charge in [-0.15, -0.1) is 23.7 Å². The summed E-state index contributed by atoms with van der Waals surface area (Å²) in [5, 5.41) is 3.02. The number of rotatable bonds is 2. The van der Waals surface area contributed by atoms with Crippen molar-refractivity contribution in [2.75, 3.05) is 5.73 Å². The van der Waals surface area contributed by atoms with Gasteiger partial charge in [0.1, 0.15) is 15.7 Å². The topological polar surface area (TPSA) is 64.4 Å². The van der Waals surface area contributed by atoms with Crippen LogP contribution in [0.2, 0.25) is 8.67 Å². The molecule has 3 rings (SSSR count). The van der Waals surface area contributed by atoms with E-state index < -0.39 is 5.60 Å². The normalized spacial score (nSPS) is 18.1. The Balaban J connectivity index is 0.00000208. The van der Waals surface area contributed by atoms with E-state index >= 15 is 0 Å². The van der Waals surface area contributed by atoms with Gasteiger partial charge in [-0.1, -0.05) is 23.2 Å². The lowest BCUT2D eigenvalue weighted by Crippen LogP contribution is -2.41. The molecule has 1 aliphatic rings. The van der Waals surface area contributed by atoms with Crippen LogP contribution in [0.3, 0.4) is 0 Å². The second-order valence-electron chi connectivity index (χ2n) is 6.13. The Hall–Kier alpha value is -1.14. The third-order valence-corrected chi connectivity index (χ3v) is 5.19. The van der Waals surface area contributed by atoms with Gasteiger partial charge in [0.05, 0.1) is 15.9 Å². The highest BCUT2D eigenvalue weighted by Gasteiger charge is 2.35. The van der Waals surface area contributed by atoms with Crippen LogP contribution in [0.25, 0.3) is 0 Å². The zero-order chi connectivity index (χ0) is 16.8. The molecule has 1 aliphatic heterocycles. The third-order valence-electron chi connectivity index (χ3n) is 3.70. The SMILES string of the molecule is CC1(C)CC(NC(=O)c2cc(Cl)sc2Cl)c2cc(N)ccc2O1.Cl. The second-order valence-corrected chi connectivity index (χ2v) is 8.41. The predicted molar refractivity (Wildman–Crippen MR) is 102 cm³/mol. The van der Waals surface area contributed by atoms with Gasteiger partial charge in [-0.25, -0.2) is 0 Å². The maximum absolute atomic E-state index is 12.5. The lowest BCUT2D eigenvalue weighted by molar-refractivity contribution is 0.0620. The summed E-state index contributed by atoms with van der Waals surface area (Å²) in [4.78, 5) is 12.5. The quantitative estimate of drug-likeness (QED) is 0.681. The Labute approximate surface area is 160 Å². The first kappa shape index (κ1) is 19.2. The number of fused-ring (bicyclic) bond motifs is 1. The van der Waals surface area contributed by atoms with Crippen molar-refractivity contribution in [1.29, 1.82) is 0 Å². The van der Waals surface area contributed by atoms with Crippen molar-refractivity contribution in [2.24, 2.45) is 0 Å². The number of hydrogen-bond acceptors (Lipinski definition) is 4. The van der Waals surface area contributed by atoms with Crippen LogP contribution in [-0.4, -0.2) is 11.5 Å². The summed E-state index contributed by atoms with van der Waals surface area (Å²) in [5.41, 5.74) is 7.37. The van der Waals surface area contributed by atoms with E-state index in [1.807, 2.05) is 26.0 Å². The summed E-state index contributed by atoms with van der Waals surface area (Å²) < 4.78 is 6.83. The lowest BCUT2D eigenvalue weighted by Gasteiger charge is -2.38. The van der Waals surface area contributed by atoms with Crippen LogP contribution in [0.4, 0.5) is 5.69 Å². The molecule has 2 aromatic rings. The van der Waals surface area contributed by atoms with Crippen molar-refractivity contribution in [3.05, 3.63) is 44.1 Å². The number of amides is 1. The Kier molecular flexibility index (Phi) is 5.60. The van der Waals surface area contributed by atoms with Gasteiger partial charge >= 0.3 is 0 Å². The minimum Gasteiger partial charge on any atom is -0.487 e. The number of nitrogens with two attached hydrogens (primary N) is 1. The molecule has 0 aliphatic carbocycles. The van der Waals surface area contributed by atoms with Gasteiger partial charge in [-0.2, -0.15) is 0 Å². The molecule has 0 bridgehead atoms. The van der Waals surface area contributed by atoms with Crippen molar-refractivity contribution < 1.29 is 9.53 Å². The first-order valence-electron chi connectivity index (χ1n) is 7.09. The van der Waals surface area contributed by atoms with Crippen LogP contribution >= 0.6 is 46.9 Å². The number of carbonyl (C=O) groups excluding carboxylic acids is 1. The summed E-state index contributed by atoms with van der Waals surface area (Å²) in [7, 11) is 0. The van der Waals surface area contributed by atoms with Gasteiger partial charge in [0.2, 0.25) is 0 Å². The van der Waals surface area contributed by atoms with Crippen molar-refractivity contribution in [3.63, 3.8) is 0 Å². The van der Waals surface area contributed by atoms with Gasteiger partial charge < -0.3 is 15.8 Å². The number of benzene rings is 1. The Bertz CT molecular complexity index is 777. The van der Waals surface area contributed by atoms with Gasteiger partial charge in [-0.3, -0.25) is 4.79 Å². The van der Waals surface area contributed by atoms with Crippen LogP contribution in [-0.2, 0) is 0 Å². The molecule has 3 N–H and O–H groups in total. The Morgan fingerprint density at radius 1 is 1.38 bits per heavy atom. The molecular formula is C16H17Cl3N2O2S. The largest absolute Gasteiger partial charge is 0.487 e. The van der Waals surface area contributed by atoms with Gasteiger partial charge in [0.15, 0.2) is 0 Å². The molecular weight excluding hydrogens is 391 g/mol. The van der Waals surface area contributed by atoms with Crippen LogP contribution in [0.15, 0.2) is 24.3 Å². The first-order chi connectivity index (χ1) is 10.7. The van der Waals surface area contributed by atoms with Crippen molar-refractivity contribution >= 4 is 58.5 Å². The van der Waals surface area contributed by atoms with E-state index in [0.717, 1.165) is 11.3 Å². The van der Waals surface area contributed by atoms with E-state index in [0.29, 0.717) is 26.3 Å². The van der Waals surface area contributed by atoms with Gasteiger partial charge in [0, 0.05) is 17.7 Å². The fourth-order valence-corrected chi connectivity index (χ4v) is 4.19. The molecule has 0 saturated heterocycles. The number of anilines is 1. The smallest absolute Gasteiger partial charge is 0.254 e. The number of halogens is 3. The molecule has 1 atom stereocenters. The number of ether oxygens (including phenoxy) is 1. The zero-order valence-corrected chi connectivity index (χ0v) is 16.2. The highest BCUT2D eigenvalue weighted by atomic mass is 35.5. The van der Waals surface area contributed by atoms with Crippen LogP contribution in [0, 0.1) is 0 Å². The van der Waals surface area contributed by atoms with E-state index in [1.165, 1.54) is 11.3 Å². The summed E-state index contributed by atoms with van der Waals surface area (Å²) >= 11 is 13.2. The Morgan fingerprint density at radius 3 is 2.71 bits per heavy atom. The summed E-state index contributed by atoms with van der Waals surface area (Å²) in [6.45, 7) is 3.97. The first-order valence-corrected chi connectivity index (χ1v) is 8.66. The standard InChI is InChI=1S/C16H16Cl2N2O2S.ClH/c1-16(2)7-11(9-5-8(19)3-4-12(9)22-16)20-15(21)10-6-13(17)23-14(10)18;/h3-6,11H,7,19H2,1-2H3,(H,20,21);1H. The molecule has 0 spiro atoms.